The molecule has 3 aromatic rings. The van der Waals surface area contributed by atoms with Crippen LogP contribution in [0.5, 0.6) is 5.75 Å². The van der Waals surface area contributed by atoms with Crippen molar-refractivity contribution >= 4 is 39.9 Å². The van der Waals surface area contributed by atoms with Crippen LogP contribution in [0.3, 0.4) is 0 Å². The number of aromatic nitrogens is 1. The standard InChI is InChI=1S/C22H21ClFN3O4/c1-12(2)30-19-5-3-13(9-17(19)23)20-11-27(26-31-20)16-8-14-7-15(4-6-21(28)29)25-22(14)18(24)10-16/h3,5,7-12,25-26H,4,6H2,1-2H3,(H,28,29). The summed E-state index contributed by atoms with van der Waals surface area (Å²) in [4.78, 5) is 19.3. The monoisotopic (exact) mass is 445 g/mol. The van der Waals surface area contributed by atoms with Gasteiger partial charge in [-0.25, -0.2) is 9.40 Å². The van der Waals surface area contributed by atoms with Crippen LogP contribution in [0.15, 0.2) is 42.6 Å². The van der Waals surface area contributed by atoms with Gasteiger partial charge in [-0.2, -0.15) is 0 Å². The van der Waals surface area contributed by atoms with Gasteiger partial charge >= 0.3 is 5.97 Å². The number of aryl methyl sites for hydroxylation is 1. The minimum Gasteiger partial charge on any atom is -0.489 e. The molecule has 0 unspecified atom stereocenters. The first kappa shape index (κ1) is 21.0. The maximum Gasteiger partial charge on any atom is 0.303 e. The largest absolute Gasteiger partial charge is 0.489 e. The van der Waals surface area contributed by atoms with Crippen molar-refractivity contribution < 1.29 is 23.9 Å². The van der Waals surface area contributed by atoms with Crippen LogP contribution in [0, 0.1) is 5.82 Å². The number of fused-ring (bicyclic) bond motifs is 1. The van der Waals surface area contributed by atoms with E-state index in [2.05, 4.69) is 10.6 Å². The number of nitrogens with zero attached hydrogens (tertiary/aromatic N) is 1. The van der Waals surface area contributed by atoms with Crippen molar-refractivity contribution in [1.82, 2.24) is 10.6 Å². The van der Waals surface area contributed by atoms with E-state index >= 15 is 0 Å². The zero-order valence-corrected chi connectivity index (χ0v) is 17.7. The topological polar surface area (TPSA) is 86.8 Å². The van der Waals surface area contributed by atoms with E-state index in [1.54, 1.807) is 35.5 Å². The molecule has 0 spiro atoms. The summed E-state index contributed by atoms with van der Waals surface area (Å²) < 4.78 is 20.3. The predicted molar refractivity (Wildman–Crippen MR) is 116 cm³/mol. The van der Waals surface area contributed by atoms with Gasteiger partial charge in [0.15, 0.2) is 5.76 Å². The van der Waals surface area contributed by atoms with Gasteiger partial charge in [-0.05, 0) is 50.6 Å². The number of aliphatic carboxylic acids is 1. The van der Waals surface area contributed by atoms with E-state index < -0.39 is 11.8 Å². The second kappa shape index (κ2) is 8.49. The third-order valence-electron chi connectivity index (χ3n) is 4.69. The second-order valence-corrected chi connectivity index (χ2v) is 7.86. The van der Waals surface area contributed by atoms with E-state index in [9.17, 15) is 9.18 Å². The van der Waals surface area contributed by atoms with Crippen molar-refractivity contribution in [3.05, 3.63) is 64.7 Å². The van der Waals surface area contributed by atoms with Crippen LogP contribution in [0.1, 0.15) is 31.5 Å². The van der Waals surface area contributed by atoms with Crippen molar-refractivity contribution in [2.24, 2.45) is 0 Å². The maximum absolute atomic E-state index is 14.6. The first-order valence-electron chi connectivity index (χ1n) is 9.73. The lowest BCUT2D eigenvalue weighted by molar-refractivity contribution is -0.136. The Kier molecular flexibility index (Phi) is 5.75. The van der Waals surface area contributed by atoms with Crippen LogP contribution < -0.4 is 15.3 Å². The molecule has 0 atom stereocenters. The molecule has 0 amide bonds. The molecule has 31 heavy (non-hydrogen) atoms. The predicted octanol–water partition coefficient (Wildman–Crippen LogP) is 5.02. The normalized spacial score (nSPS) is 13.6. The van der Waals surface area contributed by atoms with Crippen molar-refractivity contribution in [2.45, 2.75) is 32.8 Å². The number of rotatable bonds is 7. The van der Waals surface area contributed by atoms with E-state index in [1.807, 2.05) is 19.9 Å². The van der Waals surface area contributed by atoms with E-state index in [-0.39, 0.29) is 12.5 Å². The highest BCUT2D eigenvalue weighted by atomic mass is 35.5. The number of carboxylic acids is 1. The summed E-state index contributed by atoms with van der Waals surface area (Å²) in [5.41, 5.74) is 4.99. The number of halogens is 2. The summed E-state index contributed by atoms with van der Waals surface area (Å²) in [5, 5.41) is 11.5. The fourth-order valence-electron chi connectivity index (χ4n) is 3.29. The minimum atomic E-state index is -0.903. The Labute approximate surface area is 182 Å². The zero-order chi connectivity index (χ0) is 22.1. The number of aromatic amines is 1. The van der Waals surface area contributed by atoms with Gasteiger partial charge in [0.1, 0.15) is 11.6 Å². The summed E-state index contributed by atoms with van der Waals surface area (Å²) in [6.45, 7) is 3.84. The molecular weight excluding hydrogens is 425 g/mol. The lowest BCUT2D eigenvalue weighted by Gasteiger charge is -2.14. The van der Waals surface area contributed by atoms with Crippen LogP contribution in [0.25, 0.3) is 16.7 Å². The molecule has 7 nitrogen and oxygen atoms in total. The molecule has 162 valence electrons. The minimum absolute atomic E-state index is 0.00495. The number of anilines is 1. The number of H-pyrrole nitrogens is 1. The molecule has 0 saturated heterocycles. The van der Waals surface area contributed by atoms with Crippen LogP contribution in [0.2, 0.25) is 5.02 Å². The average Bonchev–Trinajstić information content (AvgIpc) is 3.35. The summed E-state index contributed by atoms with van der Waals surface area (Å²) in [6.07, 6.45) is 1.96. The van der Waals surface area contributed by atoms with Gasteiger partial charge in [-0.3, -0.25) is 4.79 Å². The molecule has 2 aromatic carbocycles. The SMILES string of the molecule is CC(C)Oc1ccc(C2=CN(c3cc(F)c4[nH]c(CCC(=O)O)cc4c3)NO2)cc1Cl. The third kappa shape index (κ3) is 4.60. The molecule has 0 aliphatic carbocycles. The number of hydrogen-bond donors (Lipinski definition) is 3. The molecule has 0 saturated carbocycles. The summed E-state index contributed by atoms with van der Waals surface area (Å²) in [7, 11) is 0. The summed E-state index contributed by atoms with van der Waals surface area (Å²) in [5.74, 6) is -0.256. The Morgan fingerprint density at radius 2 is 2.10 bits per heavy atom. The first-order chi connectivity index (χ1) is 14.8. The Hall–Kier alpha value is -3.23. The number of hydrogen-bond acceptors (Lipinski definition) is 5. The van der Waals surface area contributed by atoms with Gasteiger partial charge < -0.3 is 19.7 Å². The number of nitrogens with one attached hydrogen (secondary N) is 2. The maximum atomic E-state index is 14.6. The van der Waals surface area contributed by atoms with Gasteiger partial charge in [0.25, 0.3) is 0 Å². The van der Waals surface area contributed by atoms with Crippen molar-refractivity contribution in [3.8, 4) is 5.75 Å². The highest BCUT2D eigenvalue weighted by Gasteiger charge is 2.20. The third-order valence-corrected chi connectivity index (χ3v) is 4.98. The van der Waals surface area contributed by atoms with Crippen molar-refractivity contribution in [1.29, 1.82) is 0 Å². The highest BCUT2D eigenvalue weighted by molar-refractivity contribution is 6.32. The van der Waals surface area contributed by atoms with Gasteiger partial charge in [0, 0.05) is 22.7 Å². The van der Waals surface area contributed by atoms with Gasteiger partial charge in [0.05, 0.1) is 35.0 Å². The molecule has 1 aliphatic rings. The lowest BCUT2D eigenvalue weighted by Crippen LogP contribution is -2.27. The van der Waals surface area contributed by atoms with E-state index in [0.29, 0.717) is 45.2 Å². The van der Waals surface area contributed by atoms with Crippen LogP contribution >= 0.6 is 11.6 Å². The Bertz CT molecular complexity index is 1180. The average molecular weight is 446 g/mol. The zero-order valence-electron chi connectivity index (χ0n) is 16.9. The quantitative estimate of drug-likeness (QED) is 0.473. The summed E-state index contributed by atoms with van der Waals surface area (Å²) in [6, 6.07) is 10.2. The van der Waals surface area contributed by atoms with Gasteiger partial charge in [-0.1, -0.05) is 17.2 Å². The van der Waals surface area contributed by atoms with E-state index in [0.717, 1.165) is 5.56 Å². The number of hydrazine groups is 1. The molecule has 0 fully saturated rings. The molecule has 3 N–H and O–H groups in total. The van der Waals surface area contributed by atoms with E-state index in [4.69, 9.17) is 26.3 Å². The van der Waals surface area contributed by atoms with Crippen molar-refractivity contribution in [3.63, 3.8) is 0 Å². The smallest absolute Gasteiger partial charge is 0.303 e. The second-order valence-electron chi connectivity index (χ2n) is 7.45. The fourth-order valence-corrected chi connectivity index (χ4v) is 3.52. The lowest BCUT2D eigenvalue weighted by atomic mass is 10.1. The molecule has 1 aromatic heterocycles. The number of benzene rings is 2. The van der Waals surface area contributed by atoms with Crippen LogP contribution in [0.4, 0.5) is 10.1 Å². The molecule has 2 heterocycles. The van der Waals surface area contributed by atoms with E-state index in [1.165, 1.54) is 6.07 Å². The Morgan fingerprint density at radius 1 is 1.29 bits per heavy atom. The Balaban J connectivity index is 1.57. The van der Waals surface area contributed by atoms with Crippen LogP contribution in [-0.4, -0.2) is 22.2 Å². The molecular formula is C22H21ClFN3O4. The Morgan fingerprint density at radius 3 is 2.81 bits per heavy atom. The first-order valence-corrected chi connectivity index (χ1v) is 10.1. The molecule has 0 bridgehead atoms. The molecule has 9 heteroatoms. The molecule has 4 rings (SSSR count). The van der Waals surface area contributed by atoms with Gasteiger partial charge in [0.2, 0.25) is 0 Å². The van der Waals surface area contributed by atoms with Crippen molar-refractivity contribution in [2.75, 3.05) is 5.01 Å². The van der Waals surface area contributed by atoms with Gasteiger partial charge in [-0.15, -0.1) is 0 Å². The van der Waals surface area contributed by atoms with Crippen LogP contribution in [-0.2, 0) is 16.1 Å². The fraction of sp³-hybridized carbons (Fsp3) is 0.227. The highest BCUT2D eigenvalue weighted by Crippen LogP contribution is 2.33. The summed E-state index contributed by atoms with van der Waals surface area (Å²) >= 11 is 6.31. The molecule has 0 radical (unpaired) electrons. The number of ether oxygens (including phenoxy) is 1. The number of carbonyl (C=O) groups is 1. The number of carboxylic acid groups (broad SMARTS) is 1. The molecule has 1 aliphatic heterocycles.